The van der Waals surface area contributed by atoms with Crippen LogP contribution >= 0.6 is 15.9 Å². The number of benzene rings is 1. The molecule has 0 bridgehead atoms. The Morgan fingerprint density at radius 1 is 0.933 bits per heavy atom. The zero-order valence-electron chi connectivity index (χ0n) is 9.22. The molecule has 0 N–H and O–H groups in total. The molecule has 0 aromatic heterocycles. The van der Waals surface area contributed by atoms with Gasteiger partial charge in [0.15, 0.2) is 0 Å². The largest absolute Gasteiger partial charge is 0.0587 e. The second kappa shape index (κ2) is 4.98. The van der Waals surface area contributed by atoms with Crippen molar-refractivity contribution in [3.05, 3.63) is 39.9 Å². The van der Waals surface area contributed by atoms with E-state index in [4.69, 9.17) is 0 Å². The van der Waals surface area contributed by atoms with Crippen LogP contribution in [-0.4, -0.2) is 0 Å². The van der Waals surface area contributed by atoms with Gasteiger partial charge in [-0.3, -0.25) is 0 Å². The molecule has 1 heteroatoms. The standard InChI is InChI=1S/C14H17Br/c1-11-7-9-12(10-8-11)13-5-3-2-4-6-14(13)15/h7-10H,2-6H2,1H3. The third-order valence-corrected chi connectivity index (χ3v) is 3.93. The molecule has 0 spiro atoms. The Bertz CT molecular complexity index is 359. The highest BCUT2D eigenvalue weighted by Crippen LogP contribution is 2.34. The smallest absolute Gasteiger partial charge is 0.00114 e. The van der Waals surface area contributed by atoms with E-state index < -0.39 is 0 Å². The molecule has 0 nitrogen and oxygen atoms in total. The van der Waals surface area contributed by atoms with Gasteiger partial charge in [0, 0.05) is 0 Å². The first-order valence-corrected chi connectivity index (χ1v) is 6.51. The third-order valence-electron chi connectivity index (χ3n) is 3.05. The van der Waals surface area contributed by atoms with Gasteiger partial charge in [0.2, 0.25) is 0 Å². The van der Waals surface area contributed by atoms with Gasteiger partial charge < -0.3 is 0 Å². The number of halogens is 1. The van der Waals surface area contributed by atoms with Crippen LogP contribution in [0.4, 0.5) is 0 Å². The lowest BCUT2D eigenvalue weighted by Crippen LogP contribution is -1.86. The first kappa shape index (κ1) is 10.9. The molecule has 0 aliphatic heterocycles. The Balaban J connectivity index is 2.31. The lowest BCUT2D eigenvalue weighted by atomic mass is 10.0. The molecule has 80 valence electrons. The molecule has 0 heterocycles. The van der Waals surface area contributed by atoms with Gasteiger partial charge in [0.1, 0.15) is 0 Å². The van der Waals surface area contributed by atoms with Crippen molar-refractivity contribution in [1.82, 2.24) is 0 Å². The van der Waals surface area contributed by atoms with Gasteiger partial charge >= 0.3 is 0 Å². The Kier molecular flexibility index (Phi) is 3.63. The summed E-state index contributed by atoms with van der Waals surface area (Å²) in [5.74, 6) is 0. The van der Waals surface area contributed by atoms with Crippen LogP contribution in [-0.2, 0) is 0 Å². The number of hydrogen-bond donors (Lipinski definition) is 0. The lowest BCUT2D eigenvalue weighted by Gasteiger charge is -2.08. The summed E-state index contributed by atoms with van der Waals surface area (Å²) in [6, 6.07) is 8.90. The van der Waals surface area contributed by atoms with Gasteiger partial charge in [-0.25, -0.2) is 0 Å². The molecule has 0 saturated heterocycles. The Labute approximate surface area is 101 Å². The van der Waals surface area contributed by atoms with E-state index in [2.05, 4.69) is 47.1 Å². The van der Waals surface area contributed by atoms with Gasteiger partial charge in [-0.05, 0) is 48.2 Å². The SMILES string of the molecule is Cc1ccc(C2=C(Br)CCCCC2)cc1. The predicted octanol–water partition coefficient (Wildman–Crippen LogP) is 5.07. The number of hydrogen-bond acceptors (Lipinski definition) is 0. The van der Waals surface area contributed by atoms with Crippen molar-refractivity contribution in [1.29, 1.82) is 0 Å². The molecule has 0 fully saturated rings. The van der Waals surface area contributed by atoms with Crippen LogP contribution < -0.4 is 0 Å². The van der Waals surface area contributed by atoms with E-state index >= 15 is 0 Å². The fourth-order valence-electron chi connectivity index (χ4n) is 2.10. The van der Waals surface area contributed by atoms with E-state index in [-0.39, 0.29) is 0 Å². The van der Waals surface area contributed by atoms with Crippen LogP contribution in [0.3, 0.4) is 0 Å². The average molecular weight is 265 g/mol. The predicted molar refractivity (Wildman–Crippen MR) is 70.1 cm³/mol. The van der Waals surface area contributed by atoms with Crippen molar-refractivity contribution < 1.29 is 0 Å². The molecule has 0 saturated carbocycles. The maximum atomic E-state index is 3.74. The van der Waals surface area contributed by atoms with Crippen LogP contribution in [0.25, 0.3) is 5.57 Å². The molecule has 1 aromatic carbocycles. The summed E-state index contributed by atoms with van der Waals surface area (Å²) in [5.41, 5.74) is 4.26. The van der Waals surface area contributed by atoms with E-state index in [1.807, 2.05) is 0 Å². The summed E-state index contributed by atoms with van der Waals surface area (Å²) >= 11 is 3.74. The monoisotopic (exact) mass is 264 g/mol. The maximum Gasteiger partial charge on any atom is -0.00114 e. The quantitative estimate of drug-likeness (QED) is 0.665. The Morgan fingerprint density at radius 3 is 2.33 bits per heavy atom. The summed E-state index contributed by atoms with van der Waals surface area (Å²) < 4.78 is 1.42. The number of allylic oxidation sites excluding steroid dienone is 2. The van der Waals surface area contributed by atoms with E-state index in [0.717, 1.165) is 0 Å². The summed E-state index contributed by atoms with van der Waals surface area (Å²) in [6.45, 7) is 2.14. The van der Waals surface area contributed by atoms with E-state index in [9.17, 15) is 0 Å². The topological polar surface area (TPSA) is 0 Å². The van der Waals surface area contributed by atoms with Crippen molar-refractivity contribution in [3.63, 3.8) is 0 Å². The lowest BCUT2D eigenvalue weighted by molar-refractivity contribution is 0.719. The van der Waals surface area contributed by atoms with Crippen molar-refractivity contribution in [3.8, 4) is 0 Å². The molecule has 0 atom stereocenters. The first-order chi connectivity index (χ1) is 7.27. The van der Waals surface area contributed by atoms with Crippen LogP contribution in [0.1, 0.15) is 43.2 Å². The van der Waals surface area contributed by atoms with Gasteiger partial charge in [0.05, 0.1) is 0 Å². The molecule has 1 aliphatic carbocycles. The molecule has 15 heavy (non-hydrogen) atoms. The van der Waals surface area contributed by atoms with Crippen LogP contribution in [0.2, 0.25) is 0 Å². The van der Waals surface area contributed by atoms with Crippen molar-refractivity contribution in [2.75, 3.05) is 0 Å². The zero-order chi connectivity index (χ0) is 10.7. The minimum absolute atomic E-state index is 1.21. The van der Waals surface area contributed by atoms with Crippen LogP contribution in [0.5, 0.6) is 0 Å². The van der Waals surface area contributed by atoms with E-state index in [0.29, 0.717) is 0 Å². The molecule has 1 aliphatic rings. The molecule has 0 radical (unpaired) electrons. The summed E-state index contributed by atoms with van der Waals surface area (Å²) in [6.07, 6.45) is 6.46. The molecule has 2 rings (SSSR count). The fourth-order valence-corrected chi connectivity index (χ4v) is 2.81. The normalized spacial score (nSPS) is 17.7. The highest BCUT2D eigenvalue weighted by molar-refractivity contribution is 9.11. The maximum absolute atomic E-state index is 3.74. The van der Waals surface area contributed by atoms with Crippen molar-refractivity contribution in [2.45, 2.75) is 39.0 Å². The molecule has 1 aromatic rings. The second-order valence-electron chi connectivity index (χ2n) is 4.31. The van der Waals surface area contributed by atoms with Crippen LogP contribution in [0.15, 0.2) is 28.7 Å². The highest BCUT2D eigenvalue weighted by Gasteiger charge is 2.10. The van der Waals surface area contributed by atoms with Gasteiger partial charge in [-0.2, -0.15) is 0 Å². The van der Waals surface area contributed by atoms with Crippen molar-refractivity contribution >= 4 is 21.5 Å². The molecule has 0 unspecified atom stereocenters. The first-order valence-electron chi connectivity index (χ1n) is 5.72. The van der Waals surface area contributed by atoms with E-state index in [1.165, 1.54) is 53.3 Å². The third kappa shape index (κ3) is 2.72. The second-order valence-corrected chi connectivity index (χ2v) is 5.27. The van der Waals surface area contributed by atoms with Gasteiger partial charge in [-0.1, -0.05) is 52.2 Å². The summed E-state index contributed by atoms with van der Waals surface area (Å²) in [4.78, 5) is 0. The number of rotatable bonds is 1. The minimum Gasteiger partial charge on any atom is -0.0587 e. The summed E-state index contributed by atoms with van der Waals surface area (Å²) in [7, 11) is 0. The fraction of sp³-hybridized carbons (Fsp3) is 0.429. The zero-order valence-corrected chi connectivity index (χ0v) is 10.8. The van der Waals surface area contributed by atoms with Crippen molar-refractivity contribution in [2.24, 2.45) is 0 Å². The van der Waals surface area contributed by atoms with Gasteiger partial charge in [0.25, 0.3) is 0 Å². The van der Waals surface area contributed by atoms with Crippen LogP contribution in [0, 0.1) is 6.92 Å². The number of aryl methyl sites for hydroxylation is 1. The van der Waals surface area contributed by atoms with E-state index in [1.54, 1.807) is 0 Å². The van der Waals surface area contributed by atoms with Gasteiger partial charge in [-0.15, -0.1) is 0 Å². The Hall–Kier alpha value is -0.560. The molecule has 0 amide bonds. The minimum atomic E-state index is 1.21. The Morgan fingerprint density at radius 2 is 1.60 bits per heavy atom. The highest BCUT2D eigenvalue weighted by atomic mass is 79.9. The molecular formula is C14H17Br. The average Bonchev–Trinajstić information content (AvgIpc) is 2.44. The summed E-state index contributed by atoms with van der Waals surface area (Å²) in [5, 5.41) is 0. The molecular weight excluding hydrogens is 248 g/mol.